The third kappa shape index (κ3) is 2.13. The molecule has 1 rings (SSSR count). The van der Waals surface area contributed by atoms with Gasteiger partial charge in [0.2, 0.25) is 0 Å². The lowest BCUT2D eigenvalue weighted by Crippen LogP contribution is -2.10. The Morgan fingerprint density at radius 1 is 1.50 bits per heavy atom. The van der Waals surface area contributed by atoms with Crippen molar-refractivity contribution < 1.29 is 5.11 Å². The van der Waals surface area contributed by atoms with Crippen LogP contribution in [0.4, 0.5) is 5.69 Å². The van der Waals surface area contributed by atoms with Gasteiger partial charge in [-0.15, -0.1) is 0 Å². The van der Waals surface area contributed by atoms with Crippen molar-refractivity contribution in [3.05, 3.63) is 23.8 Å². The number of nitrogens with one attached hydrogen (secondary N) is 1. The molecule has 0 heterocycles. The van der Waals surface area contributed by atoms with Gasteiger partial charge in [0.05, 0.1) is 5.69 Å². The van der Waals surface area contributed by atoms with E-state index >= 15 is 0 Å². The summed E-state index contributed by atoms with van der Waals surface area (Å²) < 4.78 is 0. The Kier molecular flexibility index (Phi) is 2.94. The van der Waals surface area contributed by atoms with E-state index in [1.54, 1.807) is 12.1 Å². The van der Waals surface area contributed by atoms with E-state index in [4.69, 9.17) is 10.8 Å². The molecular weight excluding hydrogens is 152 g/mol. The topological polar surface area (TPSA) is 58.3 Å². The van der Waals surface area contributed by atoms with Gasteiger partial charge in [-0.05, 0) is 37.7 Å². The van der Waals surface area contributed by atoms with Gasteiger partial charge in [-0.3, -0.25) is 0 Å². The van der Waals surface area contributed by atoms with Crippen LogP contribution >= 0.6 is 0 Å². The Labute approximate surface area is 72.2 Å². The van der Waals surface area contributed by atoms with Gasteiger partial charge in [-0.2, -0.15) is 0 Å². The number of nitrogen functional groups attached to an aromatic ring is 1. The molecule has 0 atom stereocenters. The van der Waals surface area contributed by atoms with Crippen molar-refractivity contribution in [1.82, 2.24) is 5.32 Å². The summed E-state index contributed by atoms with van der Waals surface area (Å²) in [6.45, 7) is 0.921. The Morgan fingerprint density at radius 2 is 2.25 bits per heavy atom. The van der Waals surface area contributed by atoms with E-state index in [2.05, 4.69) is 5.32 Å². The third-order valence-corrected chi connectivity index (χ3v) is 1.76. The zero-order chi connectivity index (χ0) is 8.97. The van der Waals surface area contributed by atoms with E-state index < -0.39 is 0 Å². The SMILES string of the molecule is CNCCc1ccc(O)c(N)c1. The highest BCUT2D eigenvalue weighted by atomic mass is 16.3. The molecule has 0 radical (unpaired) electrons. The van der Waals surface area contributed by atoms with Crippen LogP contribution in [0.2, 0.25) is 0 Å². The lowest BCUT2D eigenvalue weighted by atomic mass is 10.1. The number of rotatable bonds is 3. The number of nitrogens with two attached hydrogens (primary N) is 1. The number of phenols is 1. The van der Waals surface area contributed by atoms with Crippen LogP contribution in [0.1, 0.15) is 5.56 Å². The van der Waals surface area contributed by atoms with Gasteiger partial charge in [0.25, 0.3) is 0 Å². The summed E-state index contributed by atoms with van der Waals surface area (Å²) in [5, 5.41) is 12.2. The maximum atomic E-state index is 9.13. The largest absolute Gasteiger partial charge is 0.506 e. The number of benzene rings is 1. The first-order chi connectivity index (χ1) is 5.74. The van der Waals surface area contributed by atoms with Gasteiger partial charge in [0.1, 0.15) is 5.75 Å². The minimum absolute atomic E-state index is 0.156. The normalized spacial score (nSPS) is 10.1. The van der Waals surface area contributed by atoms with Crippen LogP contribution in [0.15, 0.2) is 18.2 Å². The second-order valence-corrected chi connectivity index (χ2v) is 2.75. The molecule has 0 aromatic heterocycles. The standard InChI is InChI=1S/C9H14N2O/c1-11-5-4-7-2-3-9(12)8(10)6-7/h2-3,6,11-12H,4-5,10H2,1H3. The number of aromatic hydroxyl groups is 1. The Bertz CT molecular complexity index is 261. The Balaban J connectivity index is 2.69. The number of phenolic OH excluding ortho intramolecular Hbond substituents is 1. The second-order valence-electron chi connectivity index (χ2n) is 2.75. The van der Waals surface area contributed by atoms with E-state index in [1.165, 1.54) is 0 Å². The minimum atomic E-state index is 0.156. The summed E-state index contributed by atoms with van der Waals surface area (Å²) in [5.41, 5.74) is 7.11. The summed E-state index contributed by atoms with van der Waals surface area (Å²) in [7, 11) is 1.91. The van der Waals surface area contributed by atoms with Crippen LogP contribution < -0.4 is 11.1 Å². The van der Waals surface area contributed by atoms with Crippen LogP contribution in [0, 0.1) is 0 Å². The van der Waals surface area contributed by atoms with E-state index in [-0.39, 0.29) is 5.75 Å². The Hall–Kier alpha value is -1.22. The van der Waals surface area contributed by atoms with Crippen molar-refractivity contribution in [3.8, 4) is 5.75 Å². The molecule has 0 saturated carbocycles. The maximum Gasteiger partial charge on any atom is 0.138 e. The van der Waals surface area contributed by atoms with Crippen LogP contribution in [0.25, 0.3) is 0 Å². The van der Waals surface area contributed by atoms with Crippen LogP contribution in [-0.2, 0) is 6.42 Å². The van der Waals surface area contributed by atoms with Crippen LogP contribution in [0.3, 0.4) is 0 Å². The van der Waals surface area contributed by atoms with E-state index in [9.17, 15) is 0 Å². The molecule has 0 aliphatic rings. The number of anilines is 1. The van der Waals surface area contributed by atoms with Crippen molar-refractivity contribution in [2.24, 2.45) is 0 Å². The van der Waals surface area contributed by atoms with Crippen molar-refractivity contribution in [2.75, 3.05) is 19.3 Å². The molecule has 4 N–H and O–H groups in total. The smallest absolute Gasteiger partial charge is 0.138 e. The monoisotopic (exact) mass is 166 g/mol. The van der Waals surface area contributed by atoms with Gasteiger partial charge in [-0.25, -0.2) is 0 Å². The molecule has 3 heteroatoms. The molecule has 3 nitrogen and oxygen atoms in total. The van der Waals surface area contributed by atoms with E-state index in [1.807, 2.05) is 13.1 Å². The number of hydrogen-bond donors (Lipinski definition) is 3. The highest BCUT2D eigenvalue weighted by Crippen LogP contribution is 2.20. The molecular formula is C9H14N2O. The summed E-state index contributed by atoms with van der Waals surface area (Å²) in [6.07, 6.45) is 0.932. The van der Waals surface area contributed by atoms with Gasteiger partial charge < -0.3 is 16.2 Å². The lowest BCUT2D eigenvalue weighted by molar-refractivity contribution is 0.477. The molecule has 66 valence electrons. The zero-order valence-corrected chi connectivity index (χ0v) is 7.17. The van der Waals surface area contributed by atoms with Gasteiger partial charge in [-0.1, -0.05) is 6.07 Å². The summed E-state index contributed by atoms with van der Waals surface area (Å²) >= 11 is 0. The summed E-state index contributed by atoms with van der Waals surface area (Å²) in [6, 6.07) is 5.30. The first-order valence-electron chi connectivity index (χ1n) is 3.96. The third-order valence-electron chi connectivity index (χ3n) is 1.76. The first kappa shape index (κ1) is 8.87. The van der Waals surface area contributed by atoms with E-state index in [0.717, 1.165) is 18.5 Å². The zero-order valence-electron chi connectivity index (χ0n) is 7.17. The van der Waals surface area contributed by atoms with Crippen molar-refractivity contribution >= 4 is 5.69 Å². The minimum Gasteiger partial charge on any atom is -0.506 e. The predicted octanol–water partition coefficient (Wildman–Crippen LogP) is 0.736. The molecule has 0 spiro atoms. The molecule has 1 aromatic carbocycles. The fourth-order valence-electron chi connectivity index (χ4n) is 1.03. The average Bonchev–Trinajstić information content (AvgIpc) is 2.07. The fraction of sp³-hybridized carbons (Fsp3) is 0.333. The number of hydrogen-bond acceptors (Lipinski definition) is 3. The van der Waals surface area contributed by atoms with Crippen molar-refractivity contribution in [1.29, 1.82) is 0 Å². The quantitative estimate of drug-likeness (QED) is 0.458. The molecule has 0 unspecified atom stereocenters. The Morgan fingerprint density at radius 3 is 2.83 bits per heavy atom. The molecule has 0 aliphatic carbocycles. The fourth-order valence-corrected chi connectivity index (χ4v) is 1.03. The molecule has 1 aromatic rings. The summed E-state index contributed by atoms with van der Waals surface area (Å²) in [4.78, 5) is 0. The van der Waals surface area contributed by atoms with Crippen molar-refractivity contribution in [3.63, 3.8) is 0 Å². The van der Waals surface area contributed by atoms with E-state index in [0.29, 0.717) is 5.69 Å². The van der Waals surface area contributed by atoms with Gasteiger partial charge in [0.15, 0.2) is 0 Å². The van der Waals surface area contributed by atoms with Gasteiger partial charge >= 0.3 is 0 Å². The molecule has 0 bridgehead atoms. The van der Waals surface area contributed by atoms with Gasteiger partial charge in [0, 0.05) is 0 Å². The molecule has 0 saturated heterocycles. The average molecular weight is 166 g/mol. The maximum absolute atomic E-state index is 9.13. The highest BCUT2D eigenvalue weighted by Gasteiger charge is 1.97. The summed E-state index contributed by atoms with van der Waals surface area (Å²) in [5.74, 6) is 0.156. The molecule has 12 heavy (non-hydrogen) atoms. The molecule has 0 aliphatic heterocycles. The molecule has 0 amide bonds. The highest BCUT2D eigenvalue weighted by molar-refractivity contribution is 5.53. The first-order valence-corrected chi connectivity index (χ1v) is 3.96. The predicted molar refractivity (Wildman–Crippen MR) is 50.1 cm³/mol. The van der Waals surface area contributed by atoms with Crippen molar-refractivity contribution in [2.45, 2.75) is 6.42 Å². The second kappa shape index (κ2) is 3.97. The number of likely N-dealkylation sites (N-methyl/N-ethyl adjacent to an activating group) is 1. The molecule has 0 fully saturated rings. The van der Waals surface area contributed by atoms with Crippen LogP contribution in [0.5, 0.6) is 5.75 Å². The van der Waals surface area contributed by atoms with Crippen LogP contribution in [-0.4, -0.2) is 18.7 Å². The lowest BCUT2D eigenvalue weighted by Gasteiger charge is -2.03.